The average Bonchev–Trinajstić information content (AvgIpc) is 2.57. The summed E-state index contributed by atoms with van der Waals surface area (Å²) < 4.78 is 1.28. The van der Waals surface area contributed by atoms with Crippen molar-refractivity contribution in [3.05, 3.63) is 23.8 Å². The van der Waals surface area contributed by atoms with Gasteiger partial charge in [-0.15, -0.1) is 0 Å². The highest BCUT2D eigenvalue weighted by molar-refractivity contribution is 14.1. The summed E-state index contributed by atoms with van der Waals surface area (Å²) in [6.45, 7) is 6.91. The highest BCUT2D eigenvalue weighted by atomic mass is 127. The van der Waals surface area contributed by atoms with E-state index >= 15 is 0 Å². The maximum atomic E-state index is 4.60. The van der Waals surface area contributed by atoms with Gasteiger partial charge in [-0.05, 0) is 53.9 Å². The monoisotopic (exact) mass is 430 g/mol. The molecular formula is C20H35IN2. The van der Waals surface area contributed by atoms with E-state index in [2.05, 4.69) is 53.3 Å². The van der Waals surface area contributed by atoms with Crippen LogP contribution in [0.2, 0.25) is 0 Å². The van der Waals surface area contributed by atoms with Gasteiger partial charge in [0.25, 0.3) is 0 Å². The number of hydrogen-bond donors (Lipinski definition) is 0. The molecule has 132 valence electrons. The molecule has 0 amide bonds. The Bertz CT molecular complexity index is 402. The normalized spacial score (nSPS) is 12.7. The van der Waals surface area contributed by atoms with Gasteiger partial charge in [0.1, 0.15) is 6.33 Å². The second-order valence-electron chi connectivity index (χ2n) is 6.71. The smallest absolute Gasteiger partial charge is 0.115 e. The lowest BCUT2D eigenvalue weighted by molar-refractivity contribution is 0.268. The maximum Gasteiger partial charge on any atom is 0.115 e. The lowest BCUT2D eigenvalue weighted by Crippen LogP contribution is -2.17. The van der Waals surface area contributed by atoms with Crippen LogP contribution in [-0.4, -0.2) is 14.4 Å². The van der Waals surface area contributed by atoms with Gasteiger partial charge in [0.15, 0.2) is 0 Å². The number of halogens is 1. The molecule has 1 heterocycles. The fraction of sp³-hybridized carbons (Fsp3) is 0.800. The van der Waals surface area contributed by atoms with E-state index in [0.29, 0.717) is 0 Å². The van der Waals surface area contributed by atoms with E-state index in [0.717, 1.165) is 24.7 Å². The Labute approximate surface area is 157 Å². The zero-order valence-electron chi connectivity index (χ0n) is 15.4. The molecule has 0 aliphatic carbocycles. The van der Waals surface area contributed by atoms with Gasteiger partial charge in [-0.3, -0.25) is 0 Å². The first-order valence-electron chi connectivity index (χ1n) is 9.60. The van der Waals surface area contributed by atoms with E-state index in [1.54, 1.807) is 6.33 Å². The molecule has 0 radical (unpaired) electrons. The maximum absolute atomic E-state index is 4.60. The summed E-state index contributed by atoms with van der Waals surface area (Å²) in [5.41, 5.74) is 2.68. The van der Waals surface area contributed by atoms with Crippen LogP contribution in [0.4, 0.5) is 0 Å². The Morgan fingerprint density at radius 2 is 1.61 bits per heavy atom. The van der Waals surface area contributed by atoms with Crippen molar-refractivity contribution in [2.24, 2.45) is 11.8 Å². The molecule has 0 spiro atoms. The zero-order valence-corrected chi connectivity index (χ0v) is 17.5. The third kappa shape index (κ3) is 7.95. The minimum atomic E-state index is 0.862. The number of hydrogen-bond acceptors (Lipinski definition) is 2. The summed E-state index contributed by atoms with van der Waals surface area (Å²) in [6.07, 6.45) is 16.6. The zero-order chi connectivity index (χ0) is 16.9. The third-order valence-corrected chi connectivity index (χ3v) is 5.52. The molecule has 1 rings (SSSR count). The van der Waals surface area contributed by atoms with Gasteiger partial charge in [0.05, 0.1) is 0 Å². The first-order chi connectivity index (χ1) is 11.3. The van der Waals surface area contributed by atoms with Crippen LogP contribution >= 0.6 is 22.6 Å². The lowest BCUT2D eigenvalue weighted by atomic mass is 9.80. The fourth-order valence-corrected chi connectivity index (χ4v) is 4.42. The molecule has 2 nitrogen and oxygen atoms in total. The van der Waals surface area contributed by atoms with Gasteiger partial charge in [-0.2, -0.15) is 0 Å². The van der Waals surface area contributed by atoms with Crippen molar-refractivity contribution >= 4 is 22.6 Å². The average molecular weight is 430 g/mol. The van der Waals surface area contributed by atoms with Gasteiger partial charge >= 0.3 is 0 Å². The van der Waals surface area contributed by atoms with Crippen molar-refractivity contribution in [2.75, 3.05) is 4.43 Å². The Morgan fingerprint density at radius 1 is 0.913 bits per heavy atom. The van der Waals surface area contributed by atoms with Crippen molar-refractivity contribution in [1.29, 1.82) is 0 Å². The van der Waals surface area contributed by atoms with Crippen molar-refractivity contribution in [3.8, 4) is 0 Å². The summed E-state index contributed by atoms with van der Waals surface area (Å²) >= 11 is 2.55. The van der Waals surface area contributed by atoms with Crippen LogP contribution in [0.3, 0.4) is 0 Å². The molecule has 0 aromatic carbocycles. The van der Waals surface area contributed by atoms with Crippen LogP contribution < -0.4 is 0 Å². The van der Waals surface area contributed by atoms with E-state index in [9.17, 15) is 0 Å². The lowest BCUT2D eigenvalue weighted by Gasteiger charge is -2.26. The van der Waals surface area contributed by atoms with Crippen LogP contribution in [-0.2, 0) is 12.8 Å². The van der Waals surface area contributed by atoms with Crippen LogP contribution in [0.1, 0.15) is 83.4 Å². The Balaban J connectivity index is 2.70. The molecular weight excluding hydrogens is 395 g/mol. The van der Waals surface area contributed by atoms with Crippen molar-refractivity contribution in [3.63, 3.8) is 0 Å². The predicted molar refractivity (Wildman–Crippen MR) is 109 cm³/mol. The fourth-order valence-electron chi connectivity index (χ4n) is 3.62. The summed E-state index contributed by atoms with van der Waals surface area (Å²) in [7, 11) is 0. The molecule has 0 aliphatic heterocycles. The number of unbranched alkanes of at least 4 members (excludes halogenated alkanes) is 1. The second-order valence-corrected chi connectivity index (χ2v) is 7.79. The van der Waals surface area contributed by atoms with E-state index in [1.807, 2.05) is 6.20 Å². The van der Waals surface area contributed by atoms with Gasteiger partial charge in [-0.25, -0.2) is 9.97 Å². The number of rotatable bonds is 13. The highest BCUT2D eigenvalue weighted by Gasteiger charge is 2.20. The molecule has 0 bridgehead atoms. The summed E-state index contributed by atoms with van der Waals surface area (Å²) in [6, 6.07) is 0. The molecule has 0 fully saturated rings. The minimum absolute atomic E-state index is 0.862. The number of aromatic nitrogens is 2. The van der Waals surface area contributed by atoms with Gasteiger partial charge in [-0.1, -0.05) is 75.5 Å². The van der Waals surface area contributed by atoms with Crippen molar-refractivity contribution < 1.29 is 0 Å². The molecule has 1 aromatic heterocycles. The van der Waals surface area contributed by atoms with E-state index in [4.69, 9.17) is 0 Å². The molecule has 23 heavy (non-hydrogen) atoms. The largest absolute Gasteiger partial charge is 0.245 e. The van der Waals surface area contributed by atoms with E-state index < -0.39 is 0 Å². The Hall–Kier alpha value is -0.190. The topological polar surface area (TPSA) is 25.8 Å². The molecule has 0 N–H and O–H groups in total. The Morgan fingerprint density at radius 3 is 2.22 bits per heavy atom. The number of nitrogens with zero attached hydrogens (tertiary/aromatic N) is 2. The standard InChI is InChI=1S/C20H35IN2/c1-4-7-10-19-15-22-16-23-20(19)12-11-18(13-14-21)17(8-5-2)9-6-3/h15-18H,4-14H2,1-3H3. The quantitative estimate of drug-likeness (QED) is 0.267. The van der Waals surface area contributed by atoms with Crippen LogP contribution in [0, 0.1) is 11.8 Å². The van der Waals surface area contributed by atoms with Crippen LogP contribution in [0.5, 0.6) is 0 Å². The number of alkyl halides is 1. The molecule has 0 saturated heterocycles. The van der Waals surface area contributed by atoms with E-state index in [-0.39, 0.29) is 0 Å². The first kappa shape index (κ1) is 20.9. The highest BCUT2D eigenvalue weighted by Crippen LogP contribution is 2.30. The molecule has 1 atom stereocenters. The van der Waals surface area contributed by atoms with Crippen LogP contribution in [0.15, 0.2) is 12.5 Å². The van der Waals surface area contributed by atoms with Crippen molar-refractivity contribution in [1.82, 2.24) is 9.97 Å². The predicted octanol–water partition coefficient (Wildman–Crippen LogP) is 6.41. The molecule has 1 aromatic rings. The van der Waals surface area contributed by atoms with E-state index in [1.165, 1.54) is 67.1 Å². The summed E-state index contributed by atoms with van der Waals surface area (Å²) in [5.74, 6) is 1.77. The molecule has 0 saturated carbocycles. The van der Waals surface area contributed by atoms with Crippen molar-refractivity contribution in [2.45, 2.75) is 85.0 Å². The Kier molecular flexibility index (Phi) is 11.9. The number of aryl methyl sites for hydroxylation is 2. The second kappa shape index (κ2) is 13.1. The van der Waals surface area contributed by atoms with Gasteiger partial charge in [0, 0.05) is 11.9 Å². The molecule has 1 unspecified atom stereocenters. The summed E-state index contributed by atoms with van der Waals surface area (Å²) in [4.78, 5) is 8.85. The third-order valence-electron chi connectivity index (χ3n) is 4.90. The SMILES string of the molecule is CCCCc1cncnc1CCC(CCI)C(CCC)CCC. The molecule has 3 heteroatoms. The van der Waals surface area contributed by atoms with Gasteiger partial charge in [0.2, 0.25) is 0 Å². The summed E-state index contributed by atoms with van der Waals surface area (Å²) in [5, 5.41) is 0. The minimum Gasteiger partial charge on any atom is -0.245 e. The van der Waals surface area contributed by atoms with Gasteiger partial charge < -0.3 is 0 Å². The first-order valence-corrected chi connectivity index (χ1v) is 11.1. The van der Waals surface area contributed by atoms with Crippen LogP contribution in [0.25, 0.3) is 0 Å². The molecule has 0 aliphatic rings.